The van der Waals surface area contributed by atoms with Crippen LogP contribution in [0.15, 0.2) is 48.8 Å². The molecule has 1 amide bonds. The number of ether oxygens (including phenoxy) is 2. The first-order chi connectivity index (χ1) is 16.7. The summed E-state index contributed by atoms with van der Waals surface area (Å²) in [7, 11) is 0. The highest BCUT2D eigenvalue weighted by atomic mass is 19.1. The Bertz CT molecular complexity index is 1200. The Morgan fingerprint density at radius 3 is 2.80 bits per heavy atom. The smallest absolute Gasteiger partial charge is 0.410 e. The van der Waals surface area contributed by atoms with E-state index in [1.807, 2.05) is 26.8 Å². The van der Waals surface area contributed by atoms with Crippen molar-refractivity contribution in [1.82, 2.24) is 19.9 Å². The molecule has 3 N–H and O–H groups in total. The predicted molar refractivity (Wildman–Crippen MR) is 131 cm³/mol. The maximum absolute atomic E-state index is 13.9. The molecule has 0 aliphatic carbocycles. The number of rotatable bonds is 5. The van der Waals surface area contributed by atoms with Crippen LogP contribution in [0.2, 0.25) is 0 Å². The molecule has 0 bridgehead atoms. The van der Waals surface area contributed by atoms with E-state index in [0.717, 1.165) is 12.8 Å². The van der Waals surface area contributed by atoms with Crippen molar-refractivity contribution >= 4 is 17.7 Å². The lowest BCUT2D eigenvalue weighted by molar-refractivity contribution is 0.0206. The molecule has 3 heterocycles. The van der Waals surface area contributed by atoms with E-state index in [1.54, 1.807) is 35.5 Å². The summed E-state index contributed by atoms with van der Waals surface area (Å²) in [6.45, 7) is 6.70. The second-order valence-electron chi connectivity index (χ2n) is 9.32. The molecule has 1 aromatic carbocycles. The van der Waals surface area contributed by atoms with Crippen molar-refractivity contribution in [3.8, 4) is 22.9 Å². The van der Waals surface area contributed by atoms with E-state index in [2.05, 4.69) is 20.3 Å². The number of hydrogen-bond acceptors (Lipinski definition) is 8. The third kappa shape index (κ3) is 6.34. The molecule has 0 spiro atoms. The van der Waals surface area contributed by atoms with Gasteiger partial charge in [0.15, 0.2) is 0 Å². The van der Waals surface area contributed by atoms with Crippen molar-refractivity contribution in [2.45, 2.75) is 45.3 Å². The van der Waals surface area contributed by atoms with Crippen molar-refractivity contribution in [2.75, 3.05) is 24.1 Å². The number of nitrogens with zero attached hydrogens (tertiary/aromatic N) is 4. The van der Waals surface area contributed by atoms with Gasteiger partial charge in [0.1, 0.15) is 17.2 Å². The van der Waals surface area contributed by atoms with Gasteiger partial charge in [0.05, 0.1) is 16.9 Å². The Morgan fingerprint density at radius 2 is 2.03 bits per heavy atom. The van der Waals surface area contributed by atoms with Crippen molar-refractivity contribution in [3.63, 3.8) is 0 Å². The SMILES string of the molecule is CC(C)(C)OC(=O)N1CCC[C@H](Nc2nccc(-c3cccnc3Oc3ccc(N)c(F)c3)n2)C1. The number of amides is 1. The number of nitrogen functional groups attached to an aromatic ring is 1. The Labute approximate surface area is 203 Å². The number of likely N-dealkylation sites (tertiary alicyclic amines) is 1. The summed E-state index contributed by atoms with van der Waals surface area (Å²) in [5, 5.41) is 3.33. The number of pyridine rings is 1. The van der Waals surface area contributed by atoms with Gasteiger partial charge in [0.25, 0.3) is 0 Å². The molecule has 1 aliphatic heterocycles. The number of carbonyl (C=O) groups excluding carboxylic acids is 1. The fourth-order valence-corrected chi connectivity index (χ4v) is 3.70. The second-order valence-corrected chi connectivity index (χ2v) is 9.32. The number of halogens is 1. The second kappa shape index (κ2) is 10.1. The Kier molecular flexibility index (Phi) is 6.99. The van der Waals surface area contributed by atoms with Crippen molar-refractivity contribution < 1.29 is 18.7 Å². The van der Waals surface area contributed by atoms with Crippen LogP contribution in [0.3, 0.4) is 0 Å². The minimum atomic E-state index is -0.568. The minimum Gasteiger partial charge on any atom is -0.444 e. The molecular formula is C25H29FN6O3. The van der Waals surface area contributed by atoms with E-state index in [0.29, 0.717) is 30.3 Å². The predicted octanol–water partition coefficient (Wildman–Crippen LogP) is 4.86. The van der Waals surface area contributed by atoms with Crippen LogP contribution in [0.25, 0.3) is 11.3 Å². The van der Waals surface area contributed by atoms with E-state index in [9.17, 15) is 9.18 Å². The monoisotopic (exact) mass is 480 g/mol. The van der Waals surface area contributed by atoms with Gasteiger partial charge in [-0.05, 0) is 63.9 Å². The molecule has 1 fully saturated rings. The van der Waals surface area contributed by atoms with Crippen molar-refractivity contribution in [3.05, 3.63) is 54.6 Å². The molecule has 2 aromatic heterocycles. The number of benzene rings is 1. The molecular weight excluding hydrogens is 451 g/mol. The van der Waals surface area contributed by atoms with Gasteiger partial charge in [0, 0.05) is 37.6 Å². The van der Waals surface area contributed by atoms with Gasteiger partial charge in [-0.1, -0.05) is 0 Å². The quantitative estimate of drug-likeness (QED) is 0.497. The van der Waals surface area contributed by atoms with Gasteiger partial charge in [0.2, 0.25) is 11.8 Å². The molecule has 4 rings (SSSR count). The highest BCUT2D eigenvalue weighted by Crippen LogP contribution is 2.31. The Balaban J connectivity index is 1.49. The highest BCUT2D eigenvalue weighted by molar-refractivity contribution is 5.68. The van der Waals surface area contributed by atoms with E-state index in [1.165, 1.54) is 12.1 Å². The molecule has 3 aromatic rings. The number of hydrogen-bond donors (Lipinski definition) is 2. The molecule has 35 heavy (non-hydrogen) atoms. The zero-order chi connectivity index (χ0) is 25.0. The third-order valence-corrected chi connectivity index (χ3v) is 5.30. The van der Waals surface area contributed by atoms with Gasteiger partial charge in [-0.2, -0.15) is 0 Å². The lowest BCUT2D eigenvalue weighted by Crippen LogP contribution is -2.47. The molecule has 184 valence electrons. The van der Waals surface area contributed by atoms with Crippen LogP contribution < -0.4 is 15.8 Å². The van der Waals surface area contributed by atoms with E-state index in [-0.39, 0.29) is 29.5 Å². The normalized spacial score (nSPS) is 16.0. The van der Waals surface area contributed by atoms with Gasteiger partial charge in [-0.25, -0.2) is 24.1 Å². The summed E-state index contributed by atoms with van der Waals surface area (Å²) < 4.78 is 25.2. The number of nitrogens with two attached hydrogens (primary N) is 1. The maximum atomic E-state index is 13.9. The Morgan fingerprint density at radius 1 is 1.20 bits per heavy atom. The average molecular weight is 481 g/mol. The Hall–Kier alpha value is -3.95. The first kappa shape index (κ1) is 24.2. The summed E-state index contributed by atoms with van der Waals surface area (Å²) in [4.78, 5) is 27.4. The van der Waals surface area contributed by atoms with Crippen LogP contribution in [0, 0.1) is 5.82 Å². The van der Waals surface area contributed by atoms with Gasteiger partial charge in [-0.3, -0.25) is 0 Å². The number of aromatic nitrogens is 3. The molecule has 0 radical (unpaired) electrons. The molecule has 0 saturated carbocycles. The van der Waals surface area contributed by atoms with Gasteiger partial charge in [-0.15, -0.1) is 0 Å². The summed E-state index contributed by atoms with van der Waals surface area (Å²) in [5.41, 5.74) is 6.25. The largest absolute Gasteiger partial charge is 0.444 e. The third-order valence-electron chi connectivity index (χ3n) is 5.30. The van der Waals surface area contributed by atoms with E-state index >= 15 is 0 Å². The molecule has 9 nitrogen and oxygen atoms in total. The van der Waals surface area contributed by atoms with Crippen molar-refractivity contribution in [2.24, 2.45) is 0 Å². The van der Waals surface area contributed by atoms with E-state index in [4.69, 9.17) is 15.2 Å². The van der Waals surface area contributed by atoms with Crippen LogP contribution >= 0.6 is 0 Å². The van der Waals surface area contributed by atoms with E-state index < -0.39 is 11.4 Å². The highest BCUT2D eigenvalue weighted by Gasteiger charge is 2.28. The van der Waals surface area contributed by atoms with Crippen LogP contribution in [0.1, 0.15) is 33.6 Å². The first-order valence-electron chi connectivity index (χ1n) is 11.4. The summed E-state index contributed by atoms with van der Waals surface area (Å²) in [6.07, 6.45) is 4.61. The summed E-state index contributed by atoms with van der Waals surface area (Å²) in [6, 6.07) is 9.52. The fourth-order valence-electron chi connectivity index (χ4n) is 3.70. The lowest BCUT2D eigenvalue weighted by atomic mass is 10.1. The standard InChI is InChI=1S/C25H29FN6O3/c1-25(2,3)35-24(33)32-13-5-6-16(15-32)30-23-29-12-10-21(31-23)18-7-4-11-28-22(18)34-17-8-9-20(27)19(26)14-17/h4,7-12,14,16H,5-6,13,15,27H2,1-3H3,(H,29,30,31)/t16-/m0/s1. The van der Waals surface area contributed by atoms with Gasteiger partial charge >= 0.3 is 6.09 Å². The van der Waals surface area contributed by atoms with Crippen LogP contribution in [0.5, 0.6) is 11.6 Å². The van der Waals surface area contributed by atoms with Crippen molar-refractivity contribution in [1.29, 1.82) is 0 Å². The average Bonchev–Trinajstić information content (AvgIpc) is 2.81. The van der Waals surface area contributed by atoms with Crippen LogP contribution in [0.4, 0.5) is 20.8 Å². The molecule has 10 heteroatoms. The number of carbonyl (C=O) groups is 1. The number of anilines is 2. The lowest BCUT2D eigenvalue weighted by Gasteiger charge is -2.34. The maximum Gasteiger partial charge on any atom is 0.410 e. The zero-order valence-electron chi connectivity index (χ0n) is 20.0. The van der Waals surface area contributed by atoms with Gasteiger partial charge < -0.3 is 25.4 Å². The summed E-state index contributed by atoms with van der Waals surface area (Å²) in [5.74, 6) is 0.400. The fraction of sp³-hybridized carbons (Fsp3) is 0.360. The molecule has 0 unspecified atom stereocenters. The first-order valence-corrected chi connectivity index (χ1v) is 11.4. The summed E-state index contributed by atoms with van der Waals surface area (Å²) >= 11 is 0. The number of piperidine rings is 1. The van der Waals surface area contributed by atoms with Crippen LogP contribution in [-0.4, -0.2) is 50.7 Å². The van der Waals surface area contributed by atoms with Crippen LogP contribution in [-0.2, 0) is 4.74 Å². The molecule has 1 atom stereocenters. The number of nitrogens with one attached hydrogen (secondary N) is 1. The minimum absolute atomic E-state index is 0.0195. The zero-order valence-corrected chi connectivity index (χ0v) is 20.0. The molecule has 1 saturated heterocycles. The topological polar surface area (TPSA) is 115 Å². The molecule has 1 aliphatic rings.